The van der Waals surface area contributed by atoms with Crippen molar-refractivity contribution in [3.63, 3.8) is 0 Å². The molecule has 0 aliphatic carbocycles. The molecule has 0 amide bonds. The van der Waals surface area contributed by atoms with E-state index in [1.165, 1.54) is 30.3 Å². The summed E-state index contributed by atoms with van der Waals surface area (Å²) in [5, 5.41) is 11.4. The van der Waals surface area contributed by atoms with Gasteiger partial charge in [0.25, 0.3) is 0 Å². The molecule has 2 aromatic carbocycles. The van der Waals surface area contributed by atoms with Crippen LogP contribution in [-0.4, -0.2) is 4.92 Å². The maximum absolute atomic E-state index is 13.6. The molecule has 2 N–H and O–H groups in total. The predicted molar refractivity (Wildman–Crippen MR) is 76.7 cm³/mol. The Hall–Kier alpha value is -2.18. The summed E-state index contributed by atoms with van der Waals surface area (Å²) < 4.78 is 18.9. The third-order valence-corrected chi connectivity index (χ3v) is 3.08. The molecule has 0 aliphatic heterocycles. The molecule has 0 saturated carbocycles. The second-order valence-electron chi connectivity index (χ2n) is 4.29. The summed E-state index contributed by atoms with van der Waals surface area (Å²) in [6.45, 7) is 0.0270. The first-order chi connectivity index (χ1) is 10.0. The zero-order valence-electron chi connectivity index (χ0n) is 10.9. The van der Waals surface area contributed by atoms with Crippen molar-refractivity contribution in [3.05, 3.63) is 68.5 Å². The van der Waals surface area contributed by atoms with Crippen LogP contribution in [0.2, 0.25) is 5.02 Å². The summed E-state index contributed by atoms with van der Waals surface area (Å²) in [5.41, 5.74) is 6.07. The van der Waals surface area contributed by atoms with Gasteiger partial charge >= 0.3 is 5.69 Å². The van der Waals surface area contributed by atoms with Gasteiger partial charge in [0.1, 0.15) is 12.4 Å². The molecule has 110 valence electrons. The highest BCUT2D eigenvalue weighted by Gasteiger charge is 2.16. The summed E-state index contributed by atoms with van der Waals surface area (Å²) in [6, 6.07) is 8.45. The number of hydrogen-bond acceptors (Lipinski definition) is 4. The molecule has 0 aliphatic rings. The highest BCUT2D eigenvalue weighted by molar-refractivity contribution is 6.30. The van der Waals surface area contributed by atoms with Crippen LogP contribution >= 0.6 is 11.6 Å². The molecule has 2 rings (SSSR count). The fraction of sp³-hybridized carbons (Fsp3) is 0.143. The van der Waals surface area contributed by atoms with Crippen LogP contribution in [0.5, 0.6) is 5.75 Å². The number of hydrogen-bond donors (Lipinski definition) is 1. The van der Waals surface area contributed by atoms with Gasteiger partial charge in [0.15, 0.2) is 5.75 Å². The molecule has 0 fully saturated rings. The molecule has 0 heterocycles. The fourth-order valence-electron chi connectivity index (χ4n) is 1.76. The maximum Gasteiger partial charge on any atom is 0.311 e. The molecule has 0 radical (unpaired) electrons. The monoisotopic (exact) mass is 310 g/mol. The Labute approximate surface area is 125 Å². The molecule has 2 aromatic rings. The minimum atomic E-state index is -0.567. The van der Waals surface area contributed by atoms with Crippen LogP contribution in [0, 0.1) is 15.9 Å². The smallest absolute Gasteiger partial charge is 0.311 e. The molecular formula is C14H12ClFN2O3. The number of nitrogens with two attached hydrogens (primary N) is 1. The Bertz CT molecular complexity index is 679. The average molecular weight is 311 g/mol. The van der Waals surface area contributed by atoms with Crippen LogP contribution in [0.4, 0.5) is 10.1 Å². The second-order valence-corrected chi connectivity index (χ2v) is 4.72. The van der Waals surface area contributed by atoms with Crippen molar-refractivity contribution in [3.8, 4) is 5.75 Å². The van der Waals surface area contributed by atoms with E-state index in [4.69, 9.17) is 22.1 Å². The van der Waals surface area contributed by atoms with Gasteiger partial charge < -0.3 is 10.5 Å². The summed E-state index contributed by atoms with van der Waals surface area (Å²) in [7, 11) is 0. The third-order valence-electron chi connectivity index (χ3n) is 2.85. The van der Waals surface area contributed by atoms with Crippen LogP contribution in [0.3, 0.4) is 0 Å². The quantitative estimate of drug-likeness (QED) is 0.678. The Kier molecular flexibility index (Phi) is 4.72. The van der Waals surface area contributed by atoms with Gasteiger partial charge in [-0.25, -0.2) is 4.39 Å². The minimum Gasteiger partial charge on any atom is -0.482 e. The van der Waals surface area contributed by atoms with E-state index in [1.54, 1.807) is 6.07 Å². The Morgan fingerprint density at radius 2 is 2.05 bits per heavy atom. The van der Waals surface area contributed by atoms with Gasteiger partial charge in [-0.05, 0) is 29.8 Å². The second kappa shape index (κ2) is 6.51. The lowest BCUT2D eigenvalue weighted by Gasteiger charge is -2.09. The molecular weight excluding hydrogens is 299 g/mol. The van der Waals surface area contributed by atoms with E-state index in [0.29, 0.717) is 10.6 Å². The van der Waals surface area contributed by atoms with Crippen molar-refractivity contribution in [2.24, 2.45) is 5.73 Å². The first kappa shape index (κ1) is 15.2. The van der Waals surface area contributed by atoms with Gasteiger partial charge in [0.05, 0.1) is 4.92 Å². The summed E-state index contributed by atoms with van der Waals surface area (Å²) in [4.78, 5) is 10.4. The van der Waals surface area contributed by atoms with E-state index in [-0.39, 0.29) is 30.2 Å². The molecule has 0 saturated heterocycles. The Morgan fingerprint density at radius 1 is 1.29 bits per heavy atom. The number of rotatable bonds is 5. The van der Waals surface area contributed by atoms with Crippen molar-refractivity contribution in [2.75, 3.05) is 0 Å². The van der Waals surface area contributed by atoms with E-state index >= 15 is 0 Å². The number of benzene rings is 2. The van der Waals surface area contributed by atoms with Crippen LogP contribution in [0.15, 0.2) is 36.4 Å². The van der Waals surface area contributed by atoms with E-state index < -0.39 is 10.7 Å². The van der Waals surface area contributed by atoms with Gasteiger partial charge in [-0.3, -0.25) is 10.1 Å². The molecule has 21 heavy (non-hydrogen) atoms. The first-order valence-corrected chi connectivity index (χ1v) is 6.43. The van der Waals surface area contributed by atoms with E-state index in [2.05, 4.69) is 0 Å². The van der Waals surface area contributed by atoms with Gasteiger partial charge in [0.2, 0.25) is 0 Å². The predicted octanol–water partition coefficient (Wildman–Crippen LogP) is 3.43. The van der Waals surface area contributed by atoms with Gasteiger partial charge in [-0.2, -0.15) is 0 Å². The van der Waals surface area contributed by atoms with Crippen molar-refractivity contribution < 1.29 is 14.1 Å². The SMILES string of the molecule is NCc1ccc(OCc2cc(Cl)ccc2F)c([N+](=O)[O-])c1. The van der Waals surface area contributed by atoms with Gasteiger partial charge in [-0.15, -0.1) is 0 Å². The van der Waals surface area contributed by atoms with E-state index in [9.17, 15) is 14.5 Å². The van der Waals surface area contributed by atoms with Crippen LogP contribution in [-0.2, 0) is 13.2 Å². The Balaban J connectivity index is 2.23. The number of nitro groups is 1. The van der Waals surface area contributed by atoms with Crippen molar-refractivity contribution in [2.45, 2.75) is 13.2 Å². The zero-order chi connectivity index (χ0) is 15.4. The largest absolute Gasteiger partial charge is 0.482 e. The fourth-order valence-corrected chi connectivity index (χ4v) is 1.96. The highest BCUT2D eigenvalue weighted by Crippen LogP contribution is 2.29. The number of nitrogens with zero attached hydrogens (tertiary/aromatic N) is 1. The molecule has 7 heteroatoms. The van der Waals surface area contributed by atoms with Crippen molar-refractivity contribution >= 4 is 17.3 Å². The number of nitro benzene ring substituents is 1. The van der Waals surface area contributed by atoms with Crippen LogP contribution in [0.25, 0.3) is 0 Å². The topological polar surface area (TPSA) is 78.4 Å². The van der Waals surface area contributed by atoms with E-state index in [1.807, 2.05) is 0 Å². The normalized spacial score (nSPS) is 10.4. The summed E-state index contributed by atoms with van der Waals surface area (Å²) >= 11 is 5.78. The molecule has 0 atom stereocenters. The van der Waals surface area contributed by atoms with Gasteiger partial charge in [0, 0.05) is 23.2 Å². The van der Waals surface area contributed by atoms with Crippen LogP contribution < -0.4 is 10.5 Å². The van der Waals surface area contributed by atoms with Gasteiger partial charge in [-0.1, -0.05) is 17.7 Å². The zero-order valence-corrected chi connectivity index (χ0v) is 11.6. The Morgan fingerprint density at radius 3 is 2.71 bits per heavy atom. The summed E-state index contributed by atoms with van der Waals surface area (Å²) in [6.07, 6.45) is 0. The molecule has 0 bridgehead atoms. The third kappa shape index (κ3) is 3.68. The number of ether oxygens (including phenoxy) is 1. The lowest BCUT2D eigenvalue weighted by Crippen LogP contribution is -2.03. The molecule has 0 unspecified atom stereocenters. The maximum atomic E-state index is 13.6. The minimum absolute atomic E-state index is 0.0524. The van der Waals surface area contributed by atoms with Crippen molar-refractivity contribution in [1.29, 1.82) is 0 Å². The average Bonchev–Trinajstić information content (AvgIpc) is 2.48. The first-order valence-electron chi connectivity index (χ1n) is 6.05. The number of halogens is 2. The van der Waals surface area contributed by atoms with E-state index in [0.717, 1.165) is 0 Å². The molecule has 5 nitrogen and oxygen atoms in total. The lowest BCUT2D eigenvalue weighted by atomic mass is 10.2. The molecule has 0 aromatic heterocycles. The highest BCUT2D eigenvalue weighted by atomic mass is 35.5. The lowest BCUT2D eigenvalue weighted by molar-refractivity contribution is -0.386. The molecule has 0 spiro atoms. The van der Waals surface area contributed by atoms with Crippen LogP contribution in [0.1, 0.15) is 11.1 Å². The standard InChI is InChI=1S/C14H12ClFN2O3/c15-11-2-3-12(16)10(6-11)8-21-14-4-1-9(7-17)5-13(14)18(19)20/h1-6H,7-8,17H2. The van der Waals surface area contributed by atoms with Crippen molar-refractivity contribution in [1.82, 2.24) is 0 Å². The summed E-state index contributed by atoms with van der Waals surface area (Å²) in [5.74, 6) is -0.433.